The standard InChI is InChI=1S/C36H68O6/c1-5-8-10-12-13-14-15-20-24-28-35(38)41-31-33(30-40-34(37)27-23-18-11-9-6-2)42-36(39)29-25-21-17-16-19-22-26-32(4)7-3/h32-33H,5-31H2,1-4H3/t32?,33-/m1/s1. The molecule has 0 amide bonds. The summed E-state index contributed by atoms with van der Waals surface area (Å²) in [6, 6.07) is 0. The maximum absolute atomic E-state index is 12.5. The third-order valence-electron chi connectivity index (χ3n) is 8.15. The molecule has 0 saturated carbocycles. The predicted molar refractivity (Wildman–Crippen MR) is 173 cm³/mol. The molecule has 0 aromatic rings. The fourth-order valence-electron chi connectivity index (χ4n) is 5.00. The molecule has 6 nitrogen and oxygen atoms in total. The first-order valence-corrected chi connectivity index (χ1v) is 17.9. The maximum Gasteiger partial charge on any atom is 0.306 e. The van der Waals surface area contributed by atoms with Gasteiger partial charge in [0, 0.05) is 19.3 Å². The van der Waals surface area contributed by atoms with Crippen molar-refractivity contribution in [2.24, 2.45) is 5.92 Å². The largest absolute Gasteiger partial charge is 0.462 e. The van der Waals surface area contributed by atoms with E-state index in [9.17, 15) is 14.4 Å². The van der Waals surface area contributed by atoms with E-state index in [-0.39, 0.29) is 31.1 Å². The van der Waals surface area contributed by atoms with Gasteiger partial charge in [-0.15, -0.1) is 0 Å². The summed E-state index contributed by atoms with van der Waals surface area (Å²) >= 11 is 0. The lowest BCUT2D eigenvalue weighted by molar-refractivity contribution is -0.167. The van der Waals surface area contributed by atoms with Crippen LogP contribution in [-0.2, 0) is 28.6 Å². The van der Waals surface area contributed by atoms with Crippen molar-refractivity contribution >= 4 is 17.9 Å². The van der Waals surface area contributed by atoms with Crippen LogP contribution in [0.2, 0.25) is 0 Å². The molecule has 1 unspecified atom stereocenters. The van der Waals surface area contributed by atoms with E-state index in [1.54, 1.807) is 0 Å². The smallest absolute Gasteiger partial charge is 0.306 e. The second kappa shape index (κ2) is 30.9. The first-order valence-electron chi connectivity index (χ1n) is 17.9. The van der Waals surface area contributed by atoms with Crippen molar-refractivity contribution in [1.82, 2.24) is 0 Å². The van der Waals surface area contributed by atoms with Crippen LogP contribution in [0.5, 0.6) is 0 Å². The third-order valence-corrected chi connectivity index (χ3v) is 8.15. The van der Waals surface area contributed by atoms with Crippen LogP contribution >= 0.6 is 0 Å². The number of carbonyl (C=O) groups is 3. The second-order valence-electron chi connectivity index (χ2n) is 12.4. The van der Waals surface area contributed by atoms with Crippen LogP contribution in [0.1, 0.15) is 188 Å². The molecule has 6 heteroatoms. The van der Waals surface area contributed by atoms with Gasteiger partial charge in [-0.05, 0) is 25.2 Å². The van der Waals surface area contributed by atoms with Gasteiger partial charge in [-0.1, -0.05) is 150 Å². The van der Waals surface area contributed by atoms with Gasteiger partial charge in [0.2, 0.25) is 0 Å². The Bertz CT molecular complexity index is 634. The lowest BCUT2D eigenvalue weighted by atomic mass is 10.00. The van der Waals surface area contributed by atoms with Gasteiger partial charge in [0.05, 0.1) is 0 Å². The Hall–Kier alpha value is -1.59. The fourth-order valence-corrected chi connectivity index (χ4v) is 5.00. The molecule has 0 radical (unpaired) electrons. The molecule has 0 saturated heterocycles. The average Bonchev–Trinajstić information content (AvgIpc) is 2.98. The quantitative estimate of drug-likeness (QED) is 0.0450. The number of hydrogen-bond donors (Lipinski definition) is 0. The molecule has 42 heavy (non-hydrogen) atoms. The van der Waals surface area contributed by atoms with Crippen LogP contribution in [-0.4, -0.2) is 37.2 Å². The molecular weight excluding hydrogens is 528 g/mol. The molecule has 0 aliphatic heterocycles. The molecule has 0 fully saturated rings. The van der Waals surface area contributed by atoms with Crippen LogP contribution in [0.3, 0.4) is 0 Å². The molecule has 0 aliphatic rings. The summed E-state index contributed by atoms with van der Waals surface area (Å²) < 4.78 is 16.4. The summed E-state index contributed by atoms with van der Waals surface area (Å²) in [6.07, 6.45) is 25.5. The Kier molecular flexibility index (Phi) is 29.7. The number of hydrogen-bond acceptors (Lipinski definition) is 6. The van der Waals surface area contributed by atoms with E-state index in [4.69, 9.17) is 14.2 Å². The molecule has 0 aromatic carbocycles. The molecule has 0 bridgehead atoms. The number of esters is 3. The van der Waals surface area contributed by atoms with E-state index >= 15 is 0 Å². The number of carbonyl (C=O) groups excluding carboxylic acids is 3. The molecule has 0 aliphatic carbocycles. The maximum atomic E-state index is 12.5. The minimum atomic E-state index is -0.755. The van der Waals surface area contributed by atoms with Gasteiger partial charge in [0.1, 0.15) is 13.2 Å². The fraction of sp³-hybridized carbons (Fsp3) is 0.917. The van der Waals surface area contributed by atoms with E-state index in [0.29, 0.717) is 19.3 Å². The minimum absolute atomic E-state index is 0.0675. The van der Waals surface area contributed by atoms with Gasteiger partial charge in [0.15, 0.2) is 6.10 Å². The zero-order valence-electron chi connectivity index (χ0n) is 28.2. The predicted octanol–water partition coefficient (Wildman–Crippen LogP) is 10.4. The first kappa shape index (κ1) is 40.4. The van der Waals surface area contributed by atoms with Crippen LogP contribution < -0.4 is 0 Å². The van der Waals surface area contributed by atoms with Crippen molar-refractivity contribution in [3.63, 3.8) is 0 Å². The van der Waals surface area contributed by atoms with Gasteiger partial charge >= 0.3 is 17.9 Å². The highest BCUT2D eigenvalue weighted by molar-refractivity contribution is 5.71. The molecule has 2 atom stereocenters. The molecule has 0 spiro atoms. The van der Waals surface area contributed by atoms with E-state index < -0.39 is 6.10 Å². The van der Waals surface area contributed by atoms with Crippen molar-refractivity contribution in [3.05, 3.63) is 0 Å². The van der Waals surface area contributed by atoms with Crippen molar-refractivity contribution in [2.75, 3.05) is 13.2 Å². The second-order valence-corrected chi connectivity index (χ2v) is 12.4. The molecular formula is C36H68O6. The van der Waals surface area contributed by atoms with Crippen LogP contribution in [0.25, 0.3) is 0 Å². The zero-order valence-corrected chi connectivity index (χ0v) is 28.2. The number of ether oxygens (including phenoxy) is 3. The summed E-state index contributed by atoms with van der Waals surface area (Å²) in [4.78, 5) is 37.0. The first-order chi connectivity index (χ1) is 20.4. The molecule has 0 heterocycles. The van der Waals surface area contributed by atoms with Gasteiger partial charge in [0.25, 0.3) is 0 Å². The molecule has 0 rings (SSSR count). The monoisotopic (exact) mass is 597 g/mol. The van der Waals surface area contributed by atoms with E-state index in [1.807, 2.05) is 0 Å². The average molecular weight is 597 g/mol. The number of rotatable bonds is 31. The highest BCUT2D eigenvalue weighted by Crippen LogP contribution is 2.15. The van der Waals surface area contributed by atoms with E-state index in [2.05, 4.69) is 27.7 Å². The SMILES string of the molecule is CCCCCCCCCCCC(=O)OC[C@@H](COC(=O)CCCCCCC)OC(=O)CCCCCCCCC(C)CC. The van der Waals surface area contributed by atoms with Gasteiger partial charge < -0.3 is 14.2 Å². The van der Waals surface area contributed by atoms with E-state index in [0.717, 1.165) is 70.1 Å². The Morgan fingerprint density at radius 2 is 0.833 bits per heavy atom. The van der Waals surface area contributed by atoms with Crippen molar-refractivity contribution < 1.29 is 28.6 Å². The Morgan fingerprint density at radius 1 is 0.476 bits per heavy atom. The molecule has 0 aromatic heterocycles. The normalized spacial score (nSPS) is 12.6. The summed E-state index contributed by atoms with van der Waals surface area (Å²) in [5, 5.41) is 0. The van der Waals surface area contributed by atoms with Crippen molar-refractivity contribution in [2.45, 2.75) is 194 Å². The Morgan fingerprint density at radius 3 is 1.24 bits per heavy atom. The van der Waals surface area contributed by atoms with Crippen LogP contribution in [0, 0.1) is 5.92 Å². The zero-order chi connectivity index (χ0) is 31.1. The number of unbranched alkanes of at least 4 members (excludes halogenated alkanes) is 17. The lowest BCUT2D eigenvalue weighted by Crippen LogP contribution is -2.30. The Balaban J connectivity index is 4.33. The lowest BCUT2D eigenvalue weighted by Gasteiger charge is -2.18. The summed E-state index contributed by atoms with van der Waals surface area (Å²) in [5.74, 6) is -0.0780. The highest BCUT2D eigenvalue weighted by Gasteiger charge is 2.19. The summed E-state index contributed by atoms with van der Waals surface area (Å²) in [7, 11) is 0. The van der Waals surface area contributed by atoms with Gasteiger partial charge in [-0.3, -0.25) is 14.4 Å². The van der Waals surface area contributed by atoms with E-state index in [1.165, 1.54) is 77.0 Å². The van der Waals surface area contributed by atoms with Crippen molar-refractivity contribution in [1.29, 1.82) is 0 Å². The van der Waals surface area contributed by atoms with Gasteiger partial charge in [-0.2, -0.15) is 0 Å². The van der Waals surface area contributed by atoms with Gasteiger partial charge in [-0.25, -0.2) is 0 Å². The van der Waals surface area contributed by atoms with Crippen LogP contribution in [0.4, 0.5) is 0 Å². The molecule has 0 N–H and O–H groups in total. The van der Waals surface area contributed by atoms with Crippen LogP contribution in [0.15, 0.2) is 0 Å². The minimum Gasteiger partial charge on any atom is -0.462 e. The third kappa shape index (κ3) is 28.5. The summed E-state index contributed by atoms with van der Waals surface area (Å²) in [5.41, 5.74) is 0. The Labute approximate surface area is 259 Å². The summed E-state index contributed by atoms with van der Waals surface area (Å²) in [6.45, 7) is 8.81. The molecule has 248 valence electrons. The highest BCUT2D eigenvalue weighted by atomic mass is 16.6. The topological polar surface area (TPSA) is 78.9 Å². The van der Waals surface area contributed by atoms with Crippen molar-refractivity contribution in [3.8, 4) is 0 Å².